The van der Waals surface area contributed by atoms with E-state index in [0.717, 1.165) is 0 Å². The molecule has 0 saturated carbocycles. The molecule has 0 N–H and O–H groups in total. The number of rotatable bonds is 4. The maximum absolute atomic E-state index is 12.4. The van der Waals surface area contributed by atoms with Gasteiger partial charge in [0.25, 0.3) is 0 Å². The van der Waals surface area contributed by atoms with Crippen LogP contribution in [0.1, 0.15) is 29.2 Å². The predicted octanol–water partition coefficient (Wildman–Crippen LogP) is 2.42. The topological polar surface area (TPSA) is 84.2 Å². The molecule has 0 fully saturated rings. The van der Waals surface area contributed by atoms with E-state index in [-0.39, 0.29) is 17.7 Å². The average molecular weight is 346 g/mol. The fourth-order valence-electron chi connectivity index (χ4n) is 3.09. The van der Waals surface area contributed by atoms with Crippen molar-refractivity contribution in [1.29, 1.82) is 0 Å². The van der Waals surface area contributed by atoms with Gasteiger partial charge in [-0.15, -0.1) is 0 Å². The van der Waals surface area contributed by atoms with Crippen LogP contribution in [-0.2, 0) is 4.79 Å². The van der Waals surface area contributed by atoms with Crippen LogP contribution in [0, 0.1) is 6.92 Å². The third-order valence-corrected chi connectivity index (χ3v) is 4.13. The minimum Gasteiger partial charge on any atom is -0.493 e. The monoisotopic (exact) mass is 346 g/mol. The van der Waals surface area contributed by atoms with Crippen LogP contribution in [0.5, 0.6) is 23.0 Å². The van der Waals surface area contributed by atoms with E-state index in [0.29, 0.717) is 28.6 Å². The smallest absolute Gasteiger partial charge is 0.343 e. The zero-order valence-electron chi connectivity index (χ0n) is 14.4. The van der Waals surface area contributed by atoms with Crippen molar-refractivity contribution in [2.75, 3.05) is 21.3 Å². The SMILES string of the molecule is COc1ccc([C@@H]2CC(=O)Oc3cc(C)oc(=O)c32)c(OC)c1OC. The van der Waals surface area contributed by atoms with Crippen LogP contribution in [-0.4, -0.2) is 27.3 Å². The van der Waals surface area contributed by atoms with Crippen molar-refractivity contribution < 1.29 is 28.2 Å². The third kappa shape index (κ3) is 2.82. The maximum atomic E-state index is 12.4. The summed E-state index contributed by atoms with van der Waals surface area (Å²) in [6, 6.07) is 4.98. The average Bonchev–Trinajstić information content (AvgIpc) is 2.58. The second kappa shape index (κ2) is 6.51. The van der Waals surface area contributed by atoms with Crippen LogP contribution in [0.4, 0.5) is 0 Å². The summed E-state index contributed by atoms with van der Waals surface area (Å²) in [7, 11) is 4.49. The lowest BCUT2D eigenvalue weighted by molar-refractivity contribution is -0.135. The van der Waals surface area contributed by atoms with Gasteiger partial charge in [-0.2, -0.15) is 0 Å². The van der Waals surface area contributed by atoms with Gasteiger partial charge in [0.05, 0.1) is 33.3 Å². The highest BCUT2D eigenvalue weighted by atomic mass is 16.5. The number of aryl methyl sites for hydroxylation is 1. The van der Waals surface area contributed by atoms with Gasteiger partial charge in [0, 0.05) is 17.5 Å². The summed E-state index contributed by atoms with van der Waals surface area (Å²) in [6.45, 7) is 1.62. The first-order valence-electron chi connectivity index (χ1n) is 7.64. The molecule has 1 aliphatic rings. The molecule has 0 unspecified atom stereocenters. The molecule has 7 nitrogen and oxygen atoms in total. The highest BCUT2D eigenvalue weighted by Gasteiger charge is 2.35. The first-order valence-corrected chi connectivity index (χ1v) is 7.64. The Bertz CT molecular complexity index is 882. The van der Waals surface area contributed by atoms with Gasteiger partial charge in [-0.1, -0.05) is 6.07 Å². The highest BCUT2D eigenvalue weighted by molar-refractivity contribution is 5.78. The molecule has 2 aromatic rings. The fraction of sp³-hybridized carbons (Fsp3) is 0.333. The Balaban J connectivity index is 2.25. The molecule has 0 bridgehead atoms. The first-order chi connectivity index (χ1) is 12.0. The number of hydrogen-bond acceptors (Lipinski definition) is 7. The Hall–Kier alpha value is -2.96. The first kappa shape index (κ1) is 16.9. The van der Waals surface area contributed by atoms with Gasteiger partial charge in [0.2, 0.25) is 5.75 Å². The minimum atomic E-state index is -0.567. The van der Waals surface area contributed by atoms with Gasteiger partial charge in [0.1, 0.15) is 11.5 Å². The molecule has 2 heterocycles. The van der Waals surface area contributed by atoms with E-state index < -0.39 is 17.5 Å². The van der Waals surface area contributed by atoms with Crippen molar-refractivity contribution in [2.45, 2.75) is 19.3 Å². The second-order valence-corrected chi connectivity index (χ2v) is 5.58. The van der Waals surface area contributed by atoms with E-state index in [9.17, 15) is 9.59 Å². The van der Waals surface area contributed by atoms with Gasteiger partial charge < -0.3 is 23.4 Å². The van der Waals surface area contributed by atoms with E-state index in [2.05, 4.69) is 0 Å². The molecular weight excluding hydrogens is 328 g/mol. The molecule has 0 radical (unpaired) electrons. The number of ether oxygens (including phenoxy) is 4. The Kier molecular flexibility index (Phi) is 4.39. The van der Waals surface area contributed by atoms with Crippen LogP contribution < -0.4 is 24.6 Å². The molecule has 1 aliphatic heterocycles. The quantitative estimate of drug-likeness (QED) is 0.786. The number of carbonyl (C=O) groups excluding carboxylic acids is 1. The molecule has 1 aromatic carbocycles. The molecule has 0 spiro atoms. The number of esters is 1. The summed E-state index contributed by atoms with van der Waals surface area (Å²) in [5.41, 5.74) is 0.370. The number of hydrogen-bond donors (Lipinski definition) is 0. The molecule has 1 aromatic heterocycles. The normalized spacial score (nSPS) is 16.0. The zero-order chi connectivity index (χ0) is 18.1. The Morgan fingerprint density at radius 1 is 1.04 bits per heavy atom. The van der Waals surface area contributed by atoms with Gasteiger partial charge in [-0.05, 0) is 13.0 Å². The van der Waals surface area contributed by atoms with Crippen molar-refractivity contribution in [3.05, 3.63) is 45.5 Å². The zero-order valence-corrected chi connectivity index (χ0v) is 14.4. The van der Waals surface area contributed by atoms with Gasteiger partial charge >= 0.3 is 11.6 Å². The van der Waals surface area contributed by atoms with Crippen LogP contribution in [0.15, 0.2) is 27.4 Å². The van der Waals surface area contributed by atoms with Crippen LogP contribution in [0.3, 0.4) is 0 Å². The summed E-state index contributed by atoms with van der Waals surface area (Å²) >= 11 is 0. The highest BCUT2D eigenvalue weighted by Crippen LogP contribution is 2.47. The molecule has 7 heteroatoms. The van der Waals surface area contributed by atoms with Crippen molar-refractivity contribution >= 4 is 5.97 Å². The van der Waals surface area contributed by atoms with Crippen molar-refractivity contribution in [3.8, 4) is 23.0 Å². The van der Waals surface area contributed by atoms with Crippen molar-refractivity contribution in [2.24, 2.45) is 0 Å². The largest absolute Gasteiger partial charge is 0.493 e. The maximum Gasteiger partial charge on any atom is 0.343 e. The summed E-state index contributed by atoms with van der Waals surface area (Å²) in [5.74, 6) is 0.857. The lowest BCUT2D eigenvalue weighted by atomic mass is 9.86. The lowest BCUT2D eigenvalue weighted by Crippen LogP contribution is -2.27. The minimum absolute atomic E-state index is 0.00728. The van der Waals surface area contributed by atoms with Gasteiger partial charge in [-0.25, -0.2) is 4.79 Å². The van der Waals surface area contributed by atoms with Crippen LogP contribution >= 0.6 is 0 Å². The van der Waals surface area contributed by atoms with Gasteiger partial charge in [-0.3, -0.25) is 4.79 Å². The molecular formula is C18H18O7. The number of fused-ring (bicyclic) bond motifs is 1. The van der Waals surface area contributed by atoms with E-state index in [1.165, 1.54) is 27.4 Å². The Morgan fingerprint density at radius 3 is 2.40 bits per heavy atom. The van der Waals surface area contributed by atoms with Crippen LogP contribution in [0.2, 0.25) is 0 Å². The third-order valence-electron chi connectivity index (χ3n) is 4.13. The molecule has 0 amide bonds. The van der Waals surface area contributed by atoms with Crippen molar-refractivity contribution in [3.63, 3.8) is 0 Å². The summed E-state index contributed by atoms with van der Waals surface area (Å²) in [5, 5.41) is 0. The molecule has 3 rings (SSSR count). The van der Waals surface area contributed by atoms with Crippen molar-refractivity contribution in [1.82, 2.24) is 0 Å². The Labute approximate surface area is 144 Å². The van der Waals surface area contributed by atoms with E-state index in [1.54, 1.807) is 19.1 Å². The van der Waals surface area contributed by atoms with E-state index >= 15 is 0 Å². The number of methoxy groups -OCH3 is 3. The predicted molar refractivity (Wildman–Crippen MR) is 87.9 cm³/mol. The fourth-order valence-corrected chi connectivity index (χ4v) is 3.09. The number of benzene rings is 1. The standard InChI is InChI=1S/C18H18O7/c1-9-7-13-15(18(20)24-9)11(8-14(19)25-13)10-5-6-12(21-2)17(23-4)16(10)22-3/h5-7,11H,8H2,1-4H3/t11-/m0/s1. The van der Waals surface area contributed by atoms with E-state index in [4.69, 9.17) is 23.4 Å². The molecule has 0 aliphatic carbocycles. The lowest BCUT2D eigenvalue weighted by Gasteiger charge is -2.26. The molecule has 0 saturated heterocycles. The summed E-state index contributed by atoms with van der Waals surface area (Å²) in [4.78, 5) is 24.5. The Morgan fingerprint density at radius 2 is 1.76 bits per heavy atom. The molecule has 132 valence electrons. The molecule has 25 heavy (non-hydrogen) atoms. The summed E-state index contributed by atoms with van der Waals surface area (Å²) < 4.78 is 26.6. The van der Waals surface area contributed by atoms with Gasteiger partial charge in [0.15, 0.2) is 11.5 Å². The molecule has 1 atom stereocenters. The second-order valence-electron chi connectivity index (χ2n) is 5.58. The van der Waals surface area contributed by atoms with Crippen LogP contribution in [0.25, 0.3) is 0 Å². The van der Waals surface area contributed by atoms with E-state index in [1.807, 2.05) is 0 Å². The number of carbonyl (C=O) groups is 1. The summed E-state index contributed by atoms with van der Waals surface area (Å²) in [6.07, 6.45) is -0.00728.